The van der Waals surface area contributed by atoms with E-state index in [4.69, 9.17) is 0 Å². The van der Waals surface area contributed by atoms with Gasteiger partial charge >= 0.3 is 0 Å². The molecular formula is C7H12N. The second-order valence-electron chi connectivity index (χ2n) is 2.95. The summed E-state index contributed by atoms with van der Waals surface area (Å²) >= 11 is 0. The van der Waals surface area contributed by atoms with Crippen molar-refractivity contribution in [2.75, 3.05) is 6.54 Å². The van der Waals surface area contributed by atoms with Crippen LogP contribution in [-0.2, 0) is 0 Å². The van der Waals surface area contributed by atoms with E-state index < -0.39 is 0 Å². The molecule has 1 nitrogen and oxygen atoms in total. The van der Waals surface area contributed by atoms with Crippen molar-refractivity contribution in [2.24, 2.45) is 5.92 Å². The van der Waals surface area contributed by atoms with Crippen LogP contribution in [0.15, 0.2) is 0 Å². The highest BCUT2D eigenvalue weighted by Gasteiger charge is 2.33. The first kappa shape index (κ1) is 4.80. The molecule has 0 spiro atoms. The van der Waals surface area contributed by atoms with Gasteiger partial charge in [-0.25, -0.2) is 5.32 Å². The summed E-state index contributed by atoms with van der Waals surface area (Å²) in [6, 6.07) is 0.801. The van der Waals surface area contributed by atoms with Gasteiger partial charge in [0.15, 0.2) is 0 Å². The van der Waals surface area contributed by atoms with Crippen LogP contribution in [0.1, 0.15) is 25.7 Å². The number of rotatable bonds is 1. The number of nitrogens with zero attached hydrogens (tertiary/aromatic N) is 1. The van der Waals surface area contributed by atoms with Crippen molar-refractivity contribution in [3.63, 3.8) is 0 Å². The van der Waals surface area contributed by atoms with Gasteiger partial charge < -0.3 is 0 Å². The fraction of sp³-hybridized carbons (Fsp3) is 1.00. The maximum absolute atomic E-state index is 4.50. The highest BCUT2D eigenvalue weighted by molar-refractivity contribution is 4.88. The highest BCUT2D eigenvalue weighted by atomic mass is 14.9. The number of hydrogen-bond acceptors (Lipinski definition) is 0. The van der Waals surface area contributed by atoms with Gasteiger partial charge in [-0.1, -0.05) is 0 Å². The molecule has 45 valence electrons. The summed E-state index contributed by atoms with van der Waals surface area (Å²) in [5.74, 6) is 1.03. The second-order valence-corrected chi connectivity index (χ2v) is 2.95. The molecule has 1 heterocycles. The summed E-state index contributed by atoms with van der Waals surface area (Å²) in [5, 5.41) is 4.50. The first-order valence-electron chi connectivity index (χ1n) is 3.63. The van der Waals surface area contributed by atoms with Gasteiger partial charge in [-0.3, -0.25) is 0 Å². The van der Waals surface area contributed by atoms with E-state index in [1.54, 1.807) is 0 Å². The van der Waals surface area contributed by atoms with Crippen LogP contribution in [0.5, 0.6) is 0 Å². The first-order chi connectivity index (χ1) is 3.97. The van der Waals surface area contributed by atoms with Gasteiger partial charge in [0.2, 0.25) is 0 Å². The molecule has 2 fully saturated rings. The lowest BCUT2D eigenvalue weighted by atomic mass is 10.1. The second kappa shape index (κ2) is 1.73. The van der Waals surface area contributed by atoms with Crippen LogP contribution in [0.2, 0.25) is 0 Å². The Morgan fingerprint density at radius 2 is 2.00 bits per heavy atom. The lowest BCUT2D eigenvalue weighted by Gasteiger charge is -2.02. The molecule has 1 heteroatoms. The van der Waals surface area contributed by atoms with Gasteiger partial charge in [-0.15, -0.1) is 0 Å². The van der Waals surface area contributed by atoms with Crippen LogP contribution in [0.25, 0.3) is 0 Å². The summed E-state index contributed by atoms with van der Waals surface area (Å²) < 4.78 is 0. The molecule has 1 saturated heterocycles. The molecular weight excluding hydrogens is 98.1 g/mol. The van der Waals surface area contributed by atoms with Crippen molar-refractivity contribution >= 4 is 0 Å². The third-order valence-corrected chi connectivity index (χ3v) is 2.19. The Hall–Kier alpha value is -0.0400. The molecule has 1 saturated carbocycles. The first-order valence-corrected chi connectivity index (χ1v) is 3.63. The molecule has 1 unspecified atom stereocenters. The molecule has 8 heavy (non-hydrogen) atoms. The quantitative estimate of drug-likeness (QED) is 0.481. The summed E-state index contributed by atoms with van der Waals surface area (Å²) in [5.41, 5.74) is 0. The molecule has 0 N–H and O–H groups in total. The Bertz CT molecular complexity index is 80.4. The van der Waals surface area contributed by atoms with E-state index in [9.17, 15) is 0 Å². The number of hydrogen-bond donors (Lipinski definition) is 0. The maximum atomic E-state index is 4.50. The minimum atomic E-state index is 0.801. The Morgan fingerprint density at radius 3 is 2.50 bits per heavy atom. The predicted molar refractivity (Wildman–Crippen MR) is 32.7 cm³/mol. The smallest absolute Gasteiger partial charge is 0.0274 e. The van der Waals surface area contributed by atoms with E-state index in [-0.39, 0.29) is 0 Å². The van der Waals surface area contributed by atoms with Gasteiger partial charge in [-0.2, -0.15) is 0 Å². The van der Waals surface area contributed by atoms with E-state index in [0.717, 1.165) is 18.5 Å². The standard InChI is InChI=1S/C7H12N/c1-2-7(8-5-1)6-3-4-6/h6-7H,1-5H2. The minimum absolute atomic E-state index is 0.801. The summed E-state index contributed by atoms with van der Waals surface area (Å²) in [7, 11) is 0. The van der Waals surface area contributed by atoms with Gasteiger partial charge in [0.05, 0.1) is 0 Å². The average Bonchev–Trinajstić information content (AvgIpc) is 2.49. The molecule has 0 aromatic carbocycles. The average molecular weight is 110 g/mol. The fourth-order valence-electron chi connectivity index (χ4n) is 1.51. The topological polar surface area (TPSA) is 14.1 Å². The molecule has 0 aromatic rings. The van der Waals surface area contributed by atoms with Gasteiger partial charge in [0, 0.05) is 12.6 Å². The van der Waals surface area contributed by atoms with Crippen molar-refractivity contribution in [2.45, 2.75) is 31.7 Å². The van der Waals surface area contributed by atoms with Crippen LogP contribution in [-0.4, -0.2) is 12.6 Å². The highest BCUT2D eigenvalue weighted by Crippen LogP contribution is 2.36. The molecule has 1 aliphatic heterocycles. The van der Waals surface area contributed by atoms with E-state index in [1.807, 2.05) is 0 Å². The van der Waals surface area contributed by atoms with E-state index in [2.05, 4.69) is 5.32 Å². The molecule has 2 aliphatic rings. The Morgan fingerprint density at radius 1 is 1.12 bits per heavy atom. The maximum Gasteiger partial charge on any atom is 0.0274 e. The fourth-order valence-corrected chi connectivity index (χ4v) is 1.51. The van der Waals surface area contributed by atoms with E-state index in [1.165, 1.54) is 25.7 Å². The molecule has 1 atom stereocenters. The Kier molecular flexibility index (Phi) is 1.04. The SMILES string of the molecule is C1C[N]C(C2CC2)C1. The molecule has 0 bridgehead atoms. The zero-order chi connectivity index (χ0) is 5.40. The molecule has 1 aliphatic carbocycles. The summed E-state index contributed by atoms with van der Waals surface area (Å²) in [4.78, 5) is 0. The van der Waals surface area contributed by atoms with Crippen molar-refractivity contribution < 1.29 is 0 Å². The summed E-state index contributed by atoms with van der Waals surface area (Å²) in [6.07, 6.45) is 5.69. The van der Waals surface area contributed by atoms with E-state index >= 15 is 0 Å². The molecule has 2 rings (SSSR count). The van der Waals surface area contributed by atoms with Gasteiger partial charge in [0.25, 0.3) is 0 Å². The van der Waals surface area contributed by atoms with Gasteiger partial charge in [-0.05, 0) is 31.6 Å². The van der Waals surface area contributed by atoms with Crippen molar-refractivity contribution in [1.82, 2.24) is 5.32 Å². The molecule has 0 amide bonds. The molecule has 0 aromatic heterocycles. The van der Waals surface area contributed by atoms with Crippen LogP contribution in [0.3, 0.4) is 0 Å². The third kappa shape index (κ3) is 0.752. The lowest BCUT2D eigenvalue weighted by Crippen LogP contribution is -2.15. The molecule has 1 radical (unpaired) electrons. The zero-order valence-corrected chi connectivity index (χ0v) is 5.14. The Labute approximate surface area is 50.5 Å². The monoisotopic (exact) mass is 110 g/mol. The van der Waals surface area contributed by atoms with Crippen molar-refractivity contribution in [1.29, 1.82) is 0 Å². The third-order valence-electron chi connectivity index (χ3n) is 2.19. The van der Waals surface area contributed by atoms with Crippen LogP contribution < -0.4 is 5.32 Å². The van der Waals surface area contributed by atoms with Gasteiger partial charge in [0.1, 0.15) is 0 Å². The van der Waals surface area contributed by atoms with Crippen molar-refractivity contribution in [3.05, 3.63) is 0 Å². The van der Waals surface area contributed by atoms with Crippen molar-refractivity contribution in [3.8, 4) is 0 Å². The van der Waals surface area contributed by atoms with Crippen LogP contribution >= 0.6 is 0 Å². The summed E-state index contributed by atoms with van der Waals surface area (Å²) in [6.45, 7) is 1.15. The van der Waals surface area contributed by atoms with Crippen LogP contribution in [0, 0.1) is 5.92 Å². The normalized spacial score (nSPS) is 38.2. The predicted octanol–water partition coefficient (Wildman–Crippen LogP) is 1.16. The zero-order valence-electron chi connectivity index (χ0n) is 5.14. The lowest BCUT2D eigenvalue weighted by molar-refractivity contribution is 0.530. The largest absolute Gasteiger partial charge is 0.238 e. The van der Waals surface area contributed by atoms with E-state index in [0.29, 0.717) is 0 Å². The van der Waals surface area contributed by atoms with Crippen LogP contribution in [0.4, 0.5) is 0 Å². The Balaban J connectivity index is 1.86. The minimum Gasteiger partial charge on any atom is -0.238 e.